The number of ketones is 1. The zero-order valence-corrected chi connectivity index (χ0v) is 10.3. The minimum Gasteiger partial charge on any atom is -0.454 e. The Hall–Kier alpha value is -2.29. The van der Waals surface area contributed by atoms with Crippen LogP contribution < -0.4 is 9.47 Å². The topological polar surface area (TPSA) is 35.5 Å². The van der Waals surface area contributed by atoms with E-state index in [0.29, 0.717) is 6.42 Å². The van der Waals surface area contributed by atoms with Crippen molar-refractivity contribution >= 4 is 5.78 Å². The summed E-state index contributed by atoms with van der Waals surface area (Å²) in [6, 6.07) is 12.0. The van der Waals surface area contributed by atoms with Gasteiger partial charge in [0.25, 0.3) is 0 Å². The van der Waals surface area contributed by atoms with Gasteiger partial charge in [-0.1, -0.05) is 24.3 Å². The maximum atomic E-state index is 11.6. The zero-order valence-electron chi connectivity index (χ0n) is 10.3. The van der Waals surface area contributed by atoms with Crippen molar-refractivity contribution in [3.63, 3.8) is 0 Å². The normalized spacial score (nSPS) is 15.7. The van der Waals surface area contributed by atoms with Gasteiger partial charge in [-0.2, -0.15) is 0 Å². The summed E-state index contributed by atoms with van der Waals surface area (Å²) in [4.78, 5) is 11.6. The Morgan fingerprint density at radius 1 is 0.842 bits per heavy atom. The number of ether oxygens (including phenoxy) is 2. The number of fused-ring (bicyclic) bond motifs is 2. The summed E-state index contributed by atoms with van der Waals surface area (Å²) in [5, 5.41) is 0. The number of hydrogen-bond acceptors (Lipinski definition) is 3. The van der Waals surface area contributed by atoms with Gasteiger partial charge in [0.1, 0.15) is 0 Å². The highest BCUT2D eigenvalue weighted by atomic mass is 16.7. The number of carbonyl (C=O) groups is 1. The number of aryl methyl sites for hydroxylation is 1. The quantitative estimate of drug-likeness (QED) is 0.781. The molecule has 3 heteroatoms. The van der Waals surface area contributed by atoms with Crippen LogP contribution in [0, 0.1) is 0 Å². The smallest absolute Gasteiger partial charge is 0.231 e. The van der Waals surface area contributed by atoms with E-state index in [1.807, 2.05) is 30.3 Å². The molecule has 4 rings (SSSR count). The molecule has 2 aromatic rings. The summed E-state index contributed by atoms with van der Waals surface area (Å²) < 4.78 is 10.7. The van der Waals surface area contributed by atoms with E-state index in [2.05, 4.69) is 6.07 Å². The van der Waals surface area contributed by atoms with Crippen molar-refractivity contribution in [1.82, 2.24) is 0 Å². The number of hydrogen-bond donors (Lipinski definition) is 0. The van der Waals surface area contributed by atoms with Crippen molar-refractivity contribution in [3.8, 4) is 22.6 Å². The van der Waals surface area contributed by atoms with Crippen LogP contribution in [-0.2, 0) is 6.42 Å². The second-order valence-corrected chi connectivity index (χ2v) is 4.86. The van der Waals surface area contributed by atoms with Crippen LogP contribution in [0.2, 0.25) is 0 Å². The molecule has 1 aliphatic heterocycles. The average molecular weight is 252 g/mol. The molecule has 2 aliphatic rings. The molecule has 1 heterocycles. The third-order valence-electron chi connectivity index (χ3n) is 3.73. The molecule has 0 radical (unpaired) electrons. The Morgan fingerprint density at radius 2 is 1.63 bits per heavy atom. The van der Waals surface area contributed by atoms with E-state index in [1.165, 1.54) is 0 Å². The molecule has 0 saturated carbocycles. The van der Waals surface area contributed by atoms with Crippen LogP contribution in [0.4, 0.5) is 0 Å². The predicted molar refractivity (Wildman–Crippen MR) is 70.7 cm³/mol. The highest BCUT2D eigenvalue weighted by molar-refractivity contribution is 6.01. The minimum atomic E-state index is 0.257. The van der Waals surface area contributed by atoms with Gasteiger partial charge in [-0.3, -0.25) is 4.79 Å². The Bertz CT molecular complexity index is 688. The largest absolute Gasteiger partial charge is 0.454 e. The fourth-order valence-corrected chi connectivity index (χ4v) is 2.71. The lowest BCUT2D eigenvalue weighted by Gasteiger charge is -2.06. The van der Waals surface area contributed by atoms with E-state index in [0.717, 1.165) is 40.2 Å². The molecule has 19 heavy (non-hydrogen) atoms. The summed E-state index contributed by atoms with van der Waals surface area (Å²) in [6.45, 7) is 0.289. The lowest BCUT2D eigenvalue weighted by atomic mass is 10.00. The zero-order chi connectivity index (χ0) is 12.8. The van der Waals surface area contributed by atoms with Crippen LogP contribution in [-0.4, -0.2) is 12.6 Å². The summed E-state index contributed by atoms with van der Waals surface area (Å²) in [7, 11) is 0. The molecule has 94 valence electrons. The van der Waals surface area contributed by atoms with Crippen LogP contribution in [0.25, 0.3) is 11.1 Å². The van der Waals surface area contributed by atoms with Gasteiger partial charge >= 0.3 is 0 Å². The lowest BCUT2D eigenvalue weighted by molar-refractivity contribution is 0.0994. The van der Waals surface area contributed by atoms with Gasteiger partial charge in [0.15, 0.2) is 17.3 Å². The van der Waals surface area contributed by atoms with Crippen molar-refractivity contribution in [2.75, 3.05) is 6.79 Å². The number of carbonyl (C=O) groups excluding carboxylic acids is 1. The van der Waals surface area contributed by atoms with Gasteiger partial charge < -0.3 is 9.47 Å². The Labute approximate surface area is 110 Å². The molecular weight excluding hydrogens is 240 g/mol. The Morgan fingerprint density at radius 3 is 2.58 bits per heavy atom. The molecule has 0 aromatic heterocycles. The summed E-state index contributed by atoms with van der Waals surface area (Å²) in [6.07, 6.45) is 1.49. The number of benzene rings is 2. The molecule has 0 amide bonds. The standard InChI is InChI=1S/C16H12O3/c17-14-5-2-12-7-10(1-4-13(12)14)11-3-6-15-16(8-11)19-9-18-15/h1,3-4,6-8H,2,5,9H2. The van der Waals surface area contributed by atoms with Gasteiger partial charge in [-0.05, 0) is 35.2 Å². The first-order valence-corrected chi connectivity index (χ1v) is 6.37. The van der Waals surface area contributed by atoms with Crippen LogP contribution >= 0.6 is 0 Å². The summed E-state index contributed by atoms with van der Waals surface area (Å²) in [5.74, 6) is 1.83. The van der Waals surface area contributed by atoms with E-state index in [-0.39, 0.29) is 12.6 Å². The lowest BCUT2D eigenvalue weighted by Crippen LogP contribution is -1.92. The van der Waals surface area contributed by atoms with Gasteiger partial charge in [-0.25, -0.2) is 0 Å². The van der Waals surface area contributed by atoms with E-state index in [9.17, 15) is 4.79 Å². The molecule has 2 aromatic carbocycles. The highest BCUT2D eigenvalue weighted by Crippen LogP contribution is 2.36. The van der Waals surface area contributed by atoms with Crippen LogP contribution in [0.3, 0.4) is 0 Å². The SMILES string of the molecule is O=C1CCc2cc(-c3ccc4c(c3)OCO4)ccc21. The molecule has 0 N–H and O–H groups in total. The first-order chi connectivity index (χ1) is 9.31. The summed E-state index contributed by atoms with van der Waals surface area (Å²) >= 11 is 0. The van der Waals surface area contributed by atoms with Gasteiger partial charge in [0.2, 0.25) is 6.79 Å². The van der Waals surface area contributed by atoms with Crippen molar-refractivity contribution in [1.29, 1.82) is 0 Å². The first-order valence-electron chi connectivity index (χ1n) is 6.37. The maximum absolute atomic E-state index is 11.6. The van der Waals surface area contributed by atoms with Crippen LogP contribution in [0.15, 0.2) is 36.4 Å². The molecule has 0 atom stereocenters. The Balaban J connectivity index is 1.79. The van der Waals surface area contributed by atoms with Crippen molar-refractivity contribution in [2.45, 2.75) is 12.8 Å². The minimum absolute atomic E-state index is 0.257. The first kappa shape index (κ1) is 10.6. The molecule has 0 saturated heterocycles. The van der Waals surface area contributed by atoms with E-state index in [4.69, 9.17) is 9.47 Å². The van der Waals surface area contributed by atoms with Crippen LogP contribution in [0.1, 0.15) is 22.3 Å². The van der Waals surface area contributed by atoms with Crippen LogP contribution in [0.5, 0.6) is 11.5 Å². The van der Waals surface area contributed by atoms with E-state index in [1.54, 1.807) is 0 Å². The molecular formula is C16H12O3. The average Bonchev–Trinajstić information content (AvgIpc) is 3.04. The van der Waals surface area contributed by atoms with Gasteiger partial charge in [-0.15, -0.1) is 0 Å². The number of rotatable bonds is 1. The third kappa shape index (κ3) is 1.62. The molecule has 3 nitrogen and oxygen atoms in total. The van der Waals surface area contributed by atoms with E-state index < -0.39 is 0 Å². The maximum Gasteiger partial charge on any atom is 0.231 e. The summed E-state index contributed by atoms with van der Waals surface area (Å²) in [5.41, 5.74) is 4.24. The molecule has 1 aliphatic carbocycles. The van der Waals surface area contributed by atoms with Crippen molar-refractivity contribution < 1.29 is 14.3 Å². The van der Waals surface area contributed by atoms with Gasteiger partial charge in [0, 0.05) is 12.0 Å². The highest BCUT2D eigenvalue weighted by Gasteiger charge is 2.20. The van der Waals surface area contributed by atoms with Gasteiger partial charge in [0.05, 0.1) is 0 Å². The predicted octanol–water partition coefficient (Wildman–Crippen LogP) is 3.21. The third-order valence-corrected chi connectivity index (χ3v) is 3.73. The van der Waals surface area contributed by atoms with Crippen molar-refractivity contribution in [2.24, 2.45) is 0 Å². The molecule has 0 bridgehead atoms. The fourth-order valence-electron chi connectivity index (χ4n) is 2.71. The monoisotopic (exact) mass is 252 g/mol. The number of Topliss-reactive ketones (excluding diaryl/α,β-unsaturated/α-hetero) is 1. The second kappa shape index (κ2) is 3.85. The van der Waals surface area contributed by atoms with Crippen molar-refractivity contribution in [3.05, 3.63) is 47.5 Å². The second-order valence-electron chi connectivity index (χ2n) is 4.86. The molecule has 0 spiro atoms. The molecule has 0 fully saturated rings. The van der Waals surface area contributed by atoms with E-state index >= 15 is 0 Å². The fraction of sp³-hybridized carbons (Fsp3) is 0.188. The Kier molecular flexibility index (Phi) is 2.15. The molecule has 0 unspecified atom stereocenters.